The van der Waals surface area contributed by atoms with Gasteiger partial charge in [-0.3, -0.25) is 18.7 Å². The first-order valence-corrected chi connectivity index (χ1v) is 12.0. The lowest BCUT2D eigenvalue weighted by Gasteiger charge is -2.18. The normalized spacial score (nSPS) is 12.9. The topological polar surface area (TPSA) is 153 Å². The smallest absolute Gasteiger partial charge is 0.333 e. The third kappa shape index (κ3) is 11.5. The molecule has 12 nitrogen and oxygen atoms in total. The molecule has 1 atom stereocenters. The van der Waals surface area contributed by atoms with Crippen molar-refractivity contribution in [3.8, 4) is 0 Å². The minimum Gasteiger partial charge on any atom is -0.465 e. The van der Waals surface area contributed by atoms with E-state index in [2.05, 4.69) is 5.32 Å². The second kappa shape index (κ2) is 13.8. The van der Waals surface area contributed by atoms with E-state index in [1.54, 1.807) is 0 Å². The predicted molar refractivity (Wildman–Crippen MR) is 102 cm³/mol. The van der Waals surface area contributed by atoms with Crippen molar-refractivity contribution in [1.29, 1.82) is 0 Å². The van der Waals surface area contributed by atoms with Gasteiger partial charge in [0.05, 0.1) is 12.3 Å². The molecular weight excluding hydrogens is 432 g/mol. The van der Waals surface area contributed by atoms with Gasteiger partial charge in [0.1, 0.15) is 19.3 Å². The molecule has 14 heteroatoms. The van der Waals surface area contributed by atoms with Gasteiger partial charge in [0.25, 0.3) is 0 Å². The van der Waals surface area contributed by atoms with Crippen molar-refractivity contribution in [2.24, 2.45) is 0 Å². The van der Waals surface area contributed by atoms with Gasteiger partial charge in [-0.15, -0.1) is 0 Å². The number of ether oxygens (including phenoxy) is 2. The molecule has 0 heterocycles. The van der Waals surface area contributed by atoms with E-state index in [0.717, 1.165) is 0 Å². The van der Waals surface area contributed by atoms with Crippen LogP contribution in [0, 0.1) is 0 Å². The van der Waals surface area contributed by atoms with Crippen LogP contribution in [-0.2, 0) is 51.1 Å². The van der Waals surface area contributed by atoms with E-state index in [0.29, 0.717) is 0 Å². The Morgan fingerprint density at radius 2 is 1.28 bits per heavy atom. The highest BCUT2D eigenvalue weighted by atomic mass is 31.2. The summed E-state index contributed by atoms with van der Waals surface area (Å²) < 4.78 is 52.5. The summed E-state index contributed by atoms with van der Waals surface area (Å²) in [4.78, 5) is 35.3. The third-order valence-electron chi connectivity index (χ3n) is 3.65. The molecule has 0 fully saturated rings. The van der Waals surface area contributed by atoms with Crippen LogP contribution in [0.15, 0.2) is 0 Å². The number of nitrogens with one attached hydrogen (secondary N) is 1. The summed E-state index contributed by atoms with van der Waals surface area (Å²) >= 11 is 0. The summed E-state index contributed by atoms with van der Waals surface area (Å²) in [5, 5.41) is 2.37. The van der Waals surface area contributed by atoms with Crippen LogP contribution >= 0.6 is 15.2 Å². The summed E-state index contributed by atoms with van der Waals surface area (Å²) in [6.07, 6.45) is -0.587. The van der Waals surface area contributed by atoms with Crippen molar-refractivity contribution < 1.29 is 51.1 Å². The highest BCUT2D eigenvalue weighted by Crippen LogP contribution is 2.46. The molecule has 0 saturated heterocycles. The van der Waals surface area contributed by atoms with Crippen molar-refractivity contribution >= 4 is 33.0 Å². The summed E-state index contributed by atoms with van der Waals surface area (Å²) in [5.41, 5.74) is 0. The molecule has 29 heavy (non-hydrogen) atoms. The van der Waals surface area contributed by atoms with E-state index in [-0.39, 0.29) is 38.4 Å². The quantitative estimate of drug-likeness (QED) is 0.278. The monoisotopic (exact) mass is 461 g/mol. The van der Waals surface area contributed by atoms with Crippen LogP contribution in [0.2, 0.25) is 0 Å². The second-order valence-corrected chi connectivity index (χ2v) is 10.4. The minimum absolute atomic E-state index is 0.0876. The molecule has 0 aromatic carbocycles. The van der Waals surface area contributed by atoms with Gasteiger partial charge < -0.3 is 32.9 Å². The molecule has 0 aromatic rings. The Morgan fingerprint density at radius 3 is 1.69 bits per heavy atom. The van der Waals surface area contributed by atoms with E-state index in [1.807, 2.05) is 0 Å². The molecule has 0 bridgehead atoms. The molecule has 0 radical (unpaired) electrons. The first-order valence-electron chi connectivity index (χ1n) is 8.55. The zero-order valence-electron chi connectivity index (χ0n) is 17.2. The van der Waals surface area contributed by atoms with Gasteiger partial charge in [-0.25, -0.2) is 4.79 Å². The number of carbonyl (C=O) groups is 3. The Morgan fingerprint density at radius 1 is 0.828 bits per heavy atom. The highest BCUT2D eigenvalue weighted by molar-refractivity contribution is 7.54. The van der Waals surface area contributed by atoms with Gasteiger partial charge in [-0.2, -0.15) is 0 Å². The molecule has 1 amide bonds. The minimum atomic E-state index is -3.34. The fourth-order valence-corrected chi connectivity index (χ4v) is 3.63. The van der Waals surface area contributed by atoms with Crippen LogP contribution < -0.4 is 5.32 Å². The summed E-state index contributed by atoms with van der Waals surface area (Å²) in [6.45, 7) is 0.744. The number of rotatable bonds is 15. The van der Waals surface area contributed by atoms with Gasteiger partial charge in [0, 0.05) is 41.8 Å². The lowest BCUT2D eigenvalue weighted by molar-refractivity contribution is -0.148. The van der Waals surface area contributed by atoms with E-state index in [1.165, 1.54) is 35.4 Å². The van der Waals surface area contributed by atoms with Crippen LogP contribution in [0.25, 0.3) is 0 Å². The highest BCUT2D eigenvalue weighted by Gasteiger charge is 2.26. The third-order valence-corrected chi connectivity index (χ3v) is 7.34. The van der Waals surface area contributed by atoms with Crippen molar-refractivity contribution in [2.75, 3.05) is 54.0 Å². The Hall–Kier alpha value is -1.29. The van der Waals surface area contributed by atoms with Crippen molar-refractivity contribution in [3.63, 3.8) is 0 Å². The number of amides is 1. The average molecular weight is 461 g/mol. The van der Waals surface area contributed by atoms with Gasteiger partial charge in [0.15, 0.2) is 0 Å². The standard InChI is InChI=1S/C15H29NO11P2/c1-12(17)16-13(15(19)27-9-11-29(21,24-4)25-5)6-7-14(18)26-8-10-28(20,22-2)23-3/h13H,6-11H2,1-5H3,(H,16,17)/t13-/m0/s1. The predicted octanol–water partition coefficient (Wildman–Crippen LogP) is 1.33. The number of hydrogen-bond donors (Lipinski definition) is 1. The number of hydrogen-bond acceptors (Lipinski definition) is 11. The lowest BCUT2D eigenvalue weighted by atomic mass is 10.1. The van der Waals surface area contributed by atoms with Crippen molar-refractivity contribution in [3.05, 3.63) is 0 Å². The van der Waals surface area contributed by atoms with Crippen LogP contribution in [0.3, 0.4) is 0 Å². The lowest BCUT2D eigenvalue weighted by Crippen LogP contribution is -2.41. The number of esters is 2. The van der Waals surface area contributed by atoms with Crippen molar-refractivity contribution in [1.82, 2.24) is 5.32 Å². The summed E-state index contributed by atoms with van der Waals surface area (Å²) in [6, 6.07) is -1.10. The van der Waals surface area contributed by atoms with E-state index < -0.39 is 39.1 Å². The molecule has 0 unspecified atom stereocenters. The molecule has 0 spiro atoms. The Kier molecular flexibility index (Phi) is 13.2. The molecular formula is C15H29NO11P2. The van der Waals surface area contributed by atoms with E-state index >= 15 is 0 Å². The van der Waals surface area contributed by atoms with Gasteiger partial charge in [0.2, 0.25) is 5.91 Å². The average Bonchev–Trinajstić information content (AvgIpc) is 2.70. The van der Waals surface area contributed by atoms with Crippen LogP contribution in [0.1, 0.15) is 19.8 Å². The maximum Gasteiger partial charge on any atom is 0.333 e. The molecule has 170 valence electrons. The molecule has 0 aliphatic rings. The second-order valence-electron chi connectivity index (χ2n) is 5.58. The van der Waals surface area contributed by atoms with Crippen molar-refractivity contribution in [2.45, 2.75) is 25.8 Å². The Bertz CT molecular complexity index is 624. The SMILES string of the molecule is COP(=O)(CCOC(=O)CC[C@H](NC(C)=O)C(=O)OCCP(=O)(OC)OC)OC. The zero-order valence-corrected chi connectivity index (χ0v) is 19.0. The number of carbonyl (C=O) groups excluding carboxylic acids is 3. The largest absolute Gasteiger partial charge is 0.465 e. The molecule has 0 saturated carbocycles. The fourth-order valence-electron chi connectivity index (χ4n) is 1.97. The summed E-state index contributed by atoms with van der Waals surface area (Å²) in [7, 11) is -1.79. The fraction of sp³-hybridized carbons (Fsp3) is 0.800. The van der Waals surface area contributed by atoms with Crippen LogP contribution in [0.4, 0.5) is 0 Å². The Balaban J connectivity index is 4.54. The molecule has 0 aromatic heterocycles. The van der Waals surface area contributed by atoms with E-state index in [4.69, 9.17) is 27.6 Å². The summed E-state index contributed by atoms with van der Waals surface area (Å²) in [5.74, 6) is -1.98. The molecule has 0 rings (SSSR count). The molecule has 0 aliphatic heterocycles. The van der Waals surface area contributed by atoms with E-state index in [9.17, 15) is 23.5 Å². The van der Waals surface area contributed by atoms with Gasteiger partial charge >= 0.3 is 27.1 Å². The van der Waals surface area contributed by atoms with Crippen LogP contribution in [0.5, 0.6) is 0 Å². The molecule has 1 N–H and O–H groups in total. The Labute approximate surface area is 169 Å². The molecule has 0 aliphatic carbocycles. The zero-order chi connectivity index (χ0) is 22.5. The maximum atomic E-state index is 12.1. The first kappa shape index (κ1) is 27.7. The van der Waals surface area contributed by atoms with Crippen LogP contribution in [-0.4, -0.2) is 77.9 Å². The van der Waals surface area contributed by atoms with Gasteiger partial charge in [-0.05, 0) is 6.42 Å². The van der Waals surface area contributed by atoms with Gasteiger partial charge in [-0.1, -0.05) is 0 Å². The maximum absolute atomic E-state index is 12.1. The first-order chi connectivity index (χ1) is 13.5.